The maximum atomic E-state index is 6.30. The molecule has 5 heteroatoms. The second kappa shape index (κ2) is 6.84. The molecule has 2 heterocycles. The molecule has 0 saturated carbocycles. The van der Waals surface area contributed by atoms with Gasteiger partial charge in [-0.1, -0.05) is 12.2 Å². The van der Waals surface area contributed by atoms with Gasteiger partial charge in [0.1, 0.15) is 0 Å². The molecule has 106 valence electrons. The molecule has 1 aromatic heterocycles. The van der Waals surface area contributed by atoms with Gasteiger partial charge in [-0.05, 0) is 13.3 Å². The molecule has 1 aromatic rings. The van der Waals surface area contributed by atoms with Crippen molar-refractivity contribution >= 4 is 0 Å². The molecule has 19 heavy (non-hydrogen) atoms. The van der Waals surface area contributed by atoms with E-state index in [0.717, 1.165) is 37.4 Å². The van der Waals surface area contributed by atoms with Crippen LogP contribution in [0.5, 0.6) is 0 Å². The van der Waals surface area contributed by atoms with Crippen molar-refractivity contribution in [3.8, 4) is 0 Å². The molecular formula is C14H23N3O2. The molecule has 1 aliphatic rings. The molecule has 0 aromatic carbocycles. The minimum Gasteiger partial charge on any atom is -0.381 e. The van der Waals surface area contributed by atoms with Gasteiger partial charge >= 0.3 is 0 Å². The molecule has 0 spiro atoms. The van der Waals surface area contributed by atoms with Gasteiger partial charge in [0.2, 0.25) is 0 Å². The van der Waals surface area contributed by atoms with Crippen molar-refractivity contribution in [2.75, 3.05) is 26.4 Å². The van der Waals surface area contributed by atoms with Gasteiger partial charge in [0, 0.05) is 25.3 Å². The Balaban J connectivity index is 1.87. The van der Waals surface area contributed by atoms with Crippen LogP contribution in [-0.2, 0) is 16.0 Å². The van der Waals surface area contributed by atoms with Gasteiger partial charge < -0.3 is 19.8 Å². The van der Waals surface area contributed by atoms with Crippen LogP contribution >= 0.6 is 0 Å². The summed E-state index contributed by atoms with van der Waals surface area (Å²) >= 11 is 0. The highest BCUT2D eigenvalue weighted by Crippen LogP contribution is 2.26. The molecule has 0 bridgehead atoms. The third-order valence-electron chi connectivity index (χ3n) is 3.38. The Labute approximate surface area is 114 Å². The summed E-state index contributed by atoms with van der Waals surface area (Å²) in [5.41, 5.74) is 8.40. The van der Waals surface area contributed by atoms with Crippen molar-refractivity contribution < 1.29 is 9.47 Å². The Hall–Kier alpha value is -1.17. The maximum Gasteiger partial charge on any atom is 0.0949 e. The van der Waals surface area contributed by atoms with E-state index < -0.39 is 0 Å². The number of ether oxygens (including phenoxy) is 2. The number of hydrogen-bond acceptors (Lipinski definition) is 4. The summed E-state index contributed by atoms with van der Waals surface area (Å²) in [6.45, 7) is 9.34. The van der Waals surface area contributed by atoms with Gasteiger partial charge in [0.25, 0.3) is 0 Å². The van der Waals surface area contributed by atoms with Crippen LogP contribution in [0.4, 0.5) is 0 Å². The molecule has 1 fully saturated rings. The highest BCUT2D eigenvalue weighted by atomic mass is 16.5. The SMILES string of the molecule is C=C(C)COCCn1cncc1C(N)C1CCOC1. The van der Waals surface area contributed by atoms with E-state index in [1.807, 2.05) is 19.4 Å². The van der Waals surface area contributed by atoms with E-state index in [-0.39, 0.29) is 6.04 Å². The summed E-state index contributed by atoms with van der Waals surface area (Å²) in [7, 11) is 0. The summed E-state index contributed by atoms with van der Waals surface area (Å²) in [4.78, 5) is 4.20. The molecule has 2 N–H and O–H groups in total. The van der Waals surface area contributed by atoms with Crippen LogP contribution in [0.15, 0.2) is 24.7 Å². The lowest BCUT2D eigenvalue weighted by atomic mass is 9.97. The van der Waals surface area contributed by atoms with Gasteiger partial charge in [0.05, 0.1) is 37.9 Å². The molecule has 0 radical (unpaired) electrons. The van der Waals surface area contributed by atoms with Gasteiger partial charge in [0.15, 0.2) is 0 Å². The molecule has 5 nitrogen and oxygen atoms in total. The number of nitrogens with zero attached hydrogens (tertiary/aromatic N) is 2. The number of hydrogen-bond donors (Lipinski definition) is 1. The van der Waals surface area contributed by atoms with Crippen molar-refractivity contribution in [2.45, 2.75) is 25.9 Å². The van der Waals surface area contributed by atoms with E-state index in [1.165, 1.54) is 0 Å². The number of rotatable bonds is 7. The molecule has 2 unspecified atom stereocenters. The highest BCUT2D eigenvalue weighted by Gasteiger charge is 2.26. The van der Waals surface area contributed by atoms with Gasteiger partial charge in [-0.2, -0.15) is 0 Å². The fourth-order valence-electron chi connectivity index (χ4n) is 2.28. The molecule has 2 atom stereocenters. The van der Waals surface area contributed by atoms with Crippen LogP contribution in [0, 0.1) is 5.92 Å². The first-order valence-corrected chi connectivity index (χ1v) is 6.74. The molecule has 2 rings (SSSR count). The van der Waals surface area contributed by atoms with Crippen LogP contribution in [0.1, 0.15) is 25.1 Å². The first kappa shape index (κ1) is 14.2. The first-order chi connectivity index (χ1) is 9.18. The smallest absolute Gasteiger partial charge is 0.0949 e. The van der Waals surface area contributed by atoms with Crippen molar-refractivity contribution in [3.63, 3.8) is 0 Å². The van der Waals surface area contributed by atoms with Gasteiger partial charge in [-0.3, -0.25) is 0 Å². The molecule has 1 aliphatic heterocycles. The minimum absolute atomic E-state index is 0.00820. The van der Waals surface area contributed by atoms with E-state index in [2.05, 4.69) is 16.1 Å². The molecular weight excluding hydrogens is 242 g/mol. The predicted octanol–water partition coefficient (Wildman–Crippen LogP) is 1.51. The third kappa shape index (κ3) is 3.89. The Morgan fingerprint density at radius 1 is 1.74 bits per heavy atom. The average molecular weight is 265 g/mol. The monoisotopic (exact) mass is 265 g/mol. The average Bonchev–Trinajstić information content (AvgIpc) is 3.04. The zero-order valence-corrected chi connectivity index (χ0v) is 11.5. The fraction of sp³-hybridized carbons (Fsp3) is 0.643. The van der Waals surface area contributed by atoms with Gasteiger partial charge in [-0.25, -0.2) is 4.98 Å². The standard InChI is InChI=1S/C14H23N3O2/c1-11(2)8-19-6-4-17-10-16-7-13(17)14(15)12-3-5-18-9-12/h7,10,12,14H,1,3-6,8-9,15H2,2H3. The van der Waals surface area contributed by atoms with E-state index in [1.54, 1.807) is 0 Å². The summed E-state index contributed by atoms with van der Waals surface area (Å²) < 4.78 is 13.0. The largest absolute Gasteiger partial charge is 0.381 e. The zero-order valence-electron chi connectivity index (χ0n) is 11.5. The summed E-state index contributed by atoms with van der Waals surface area (Å²) in [5.74, 6) is 0.395. The van der Waals surface area contributed by atoms with Crippen LogP contribution in [-0.4, -0.2) is 36.0 Å². The lowest BCUT2D eigenvalue weighted by molar-refractivity contribution is 0.145. The van der Waals surface area contributed by atoms with E-state index in [4.69, 9.17) is 15.2 Å². The Morgan fingerprint density at radius 2 is 2.58 bits per heavy atom. The Bertz CT molecular complexity index is 411. The Kier molecular flexibility index (Phi) is 5.13. The van der Waals surface area contributed by atoms with Crippen molar-refractivity contribution in [3.05, 3.63) is 30.4 Å². The quantitative estimate of drug-likeness (QED) is 0.599. The second-order valence-electron chi connectivity index (χ2n) is 5.17. The van der Waals surface area contributed by atoms with Gasteiger partial charge in [-0.15, -0.1) is 0 Å². The lowest BCUT2D eigenvalue weighted by Gasteiger charge is -2.19. The van der Waals surface area contributed by atoms with Crippen molar-refractivity contribution in [1.82, 2.24) is 9.55 Å². The molecule has 1 saturated heterocycles. The van der Waals surface area contributed by atoms with Crippen LogP contribution < -0.4 is 5.73 Å². The highest BCUT2D eigenvalue weighted by molar-refractivity contribution is 5.07. The van der Waals surface area contributed by atoms with Crippen LogP contribution in [0.25, 0.3) is 0 Å². The second-order valence-corrected chi connectivity index (χ2v) is 5.17. The number of aromatic nitrogens is 2. The van der Waals surface area contributed by atoms with Crippen molar-refractivity contribution in [2.24, 2.45) is 11.7 Å². The van der Waals surface area contributed by atoms with E-state index in [0.29, 0.717) is 19.1 Å². The zero-order chi connectivity index (χ0) is 13.7. The summed E-state index contributed by atoms with van der Waals surface area (Å²) in [5, 5.41) is 0. The lowest BCUT2D eigenvalue weighted by Crippen LogP contribution is -2.25. The normalized spacial score (nSPS) is 20.6. The summed E-state index contributed by atoms with van der Waals surface area (Å²) in [6.07, 6.45) is 4.69. The summed E-state index contributed by atoms with van der Waals surface area (Å²) in [6, 6.07) is -0.00820. The predicted molar refractivity (Wildman–Crippen MR) is 73.7 cm³/mol. The molecule has 0 aliphatic carbocycles. The molecule has 0 amide bonds. The Morgan fingerprint density at radius 3 is 3.26 bits per heavy atom. The number of nitrogens with two attached hydrogens (primary N) is 1. The third-order valence-corrected chi connectivity index (χ3v) is 3.38. The fourth-order valence-corrected chi connectivity index (χ4v) is 2.28. The maximum absolute atomic E-state index is 6.30. The number of imidazole rings is 1. The van der Waals surface area contributed by atoms with E-state index >= 15 is 0 Å². The van der Waals surface area contributed by atoms with Crippen molar-refractivity contribution in [1.29, 1.82) is 0 Å². The van der Waals surface area contributed by atoms with Crippen LogP contribution in [0.3, 0.4) is 0 Å². The topological polar surface area (TPSA) is 62.3 Å². The minimum atomic E-state index is -0.00820. The van der Waals surface area contributed by atoms with Crippen LogP contribution in [0.2, 0.25) is 0 Å². The first-order valence-electron chi connectivity index (χ1n) is 6.74. The van der Waals surface area contributed by atoms with E-state index in [9.17, 15) is 0 Å².